The number of benzene rings is 2. The number of hydrogen-bond acceptors (Lipinski definition) is 3. The second-order valence-corrected chi connectivity index (χ2v) is 4.92. The van der Waals surface area contributed by atoms with E-state index in [1.165, 1.54) is 0 Å². The molecule has 0 bridgehead atoms. The fraction of sp³-hybridized carbons (Fsp3) is 0.222. The topological polar surface area (TPSA) is 43.4 Å². The molecule has 2 aromatic rings. The molecule has 0 aliphatic carbocycles. The predicted molar refractivity (Wildman–Crippen MR) is 81.6 cm³/mol. The van der Waals surface area contributed by atoms with E-state index in [4.69, 9.17) is 4.74 Å². The average molecular weight is 282 g/mol. The van der Waals surface area contributed by atoms with Crippen LogP contribution in [-0.4, -0.2) is 18.4 Å². The summed E-state index contributed by atoms with van der Waals surface area (Å²) in [6.07, 6.45) is 0.918. The number of esters is 1. The summed E-state index contributed by atoms with van der Waals surface area (Å²) in [4.78, 5) is 23.8. The van der Waals surface area contributed by atoms with Gasteiger partial charge in [0.15, 0.2) is 12.4 Å². The molecule has 0 unspecified atom stereocenters. The van der Waals surface area contributed by atoms with Crippen LogP contribution in [0.15, 0.2) is 48.5 Å². The van der Waals surface area contributed by atoms with Crippen molar-refractivity contribution >= 4 is 11.8 Å². The highest BCUT2D eigenvalue weighted by molar-refractivity contribution is 5.99. The van der Waals surface area contributed by atoms with Crippen molar-refractivity contribution in [3.63, 3.8) is 0 Å². The van der Waals surface area contributed by atoms with Gasteiger partial charge >= 0.3 is 5.97 Å². The van der Waals surface area contributed by atoms with Crippen molar-refractivity contribution in [3.8, 4) is 0 Å². The van der Waals surface area contributed by atoms with Crippen molar-refractivity contribution in [2.24, 2.45) is 0 Å². The Morgan fingerprint density at radius 2 is 1.48 bits per heavy atom. The van der Waals surface area contributed by atoms with Crippen LogP contribution >= 0.6 is 0 Å². The van der Waals surface area contributed by atoms with Gasteiger partial charge in [0.25, 0.3) is 0 Å². The Labute approximate surface area is 124 Å². The van der Waals surface area contributed by atoms with Gasteiger partial charge < -0.3 is 4.74 Å². The molecule has 0 aliphatic heterocycles. The molecule has 0 heterocycles. The second kappa shape index (κ2) is 6.84. The third-order valence-electron chi connectivity index (χ3n) is 3.31. The molecule has 0 spiro atoms. The van der Waals surface area contributed by atoms with Crippen molar-refractivity contribution in [3.05, 3.63) is 70.8 Å². The smallest absolute Gasteiger partial charge is 0.338 e. The number of aryl methyl sites for hydroxylation is 2. The molecular formula is C18H18O3. The first-order chi connectivity index (χ1) is 10.1. The molecule has 21 heavy (non-hydrogen) atoms. The van der Waals surface area contributed by atoms with E-state index in [1.807, 2.05) is 38.1 Å². The summed E-state index contributed by atoms with van der Waals surface area (Å²) >= 11 is 0. The molecule has 0 N–H and O–H groups in total. The fourth-order valence-electron chi connectivity index (χ4n) is 1.91. The normalized spacial score (nSPS) is 10.2. The Hall–Kier alpha value is -2.42. The molecule has 0 amide bonds. The lowest BCUT2D eigenvalue weighted by Crippen LogP contribution is -2.14. The van der Waals surface area contributed by atoms with Crippen LogP contribution in [0.3, 0.4) is 0 Å². The Balaban J connectivity index is 1.93. The van der Waals surface area contributed by atoms with Crippen molar-refractivity contribution < 1.29 is 14.3 Å². The van der Waals surface area contributed by atoms with Crippen LogP contribution in [0.5, 0.6) is 0 Å². The summed E-state index contributed by atoms with van der Waals surface area (Å²) in [6.45, 7) is 3.76. The van der Waals surface area contributed by atoms with Crippen LogP contribution in [0.4, 0.5) is 0 Å². The molecule has 108 valence electrons. The van der Waals surface area contributed by atoms with Gasteiger partial charge in [-0.05, 0) is 31.0 Å². The first-order valence-electron chi connectivity index (χ1n) is 6.96. The summed E-state index contributed by atoms with van der Waals surface area (Å²) in [5.41, 5.74) is 3.25. The van der Waals surface area contributed by atoms with Crippen LogP contribution < -0.4 is 0 Å². The molecule has 2 rings (SSSR count). The molecule has 3 heteroatoms. The van der Waals surface area contributed by atoms with Gasteiger partial charge in [-0.2, -0.15) is 0 Å². The maximum atomic E-state index is 11.9. The minimum atomic E-state index is -0.474. The minimum Gasteiger partial charge on any atom is -0.454 e. The van der Waals surface area contributed by atoms with E-state index in [9.17, 15) is 9.59 Å². The SMILES string of the molecule is CCc1ccc(C(=O)OCC(=O)c2ccc(C)cc2)cc1. The molecular weight excluding hydrogens is 264 g/mol. The Morgan fingerprint density at radius 1 is 0.905 bits per heavy atom. The molecule has 0 atom stereocenters. The zero-order valence-corrected chi connectivity index (χ0v) is 12.3. The number of ketones is 1. The van der Waals surface area contributed by atoms with Gasteiger partial charge in [-0.25, -0.2) is 4.79 Å². The van der Waals surface area contributed by atoms with Gasteiger partial charge in [0.05, 0.1) is 5.56 Å². The van der Waals surface area contributed by atoms with E-state index in [2.05, 4.69) is 0 Å². The summed E-state index contributed by atoms with van der Waals surface area (Å²) in [7, 11) is 0. The second-order valence-electron chi connectivity index (χ2n) is 4.92. The molecule has 0 radical (unpaired) electrons. The van der Waals surface area contributed by atoms with E-state index in [0.29, 0.717) is 11.1 Å². The number of hydrogen-bond donors (Lipinski definition) is 0. The first kappa shape index (κ1) is 15.0. The van der Waals surface area contributed by atoms with Gasteiger partial charge in [-0.15, -0.1) is 0 Å². The Morgan fingerprint density at radius 3 is 2.05 bits per heavy atom. The standard InChI is InChI=1S/C18H18O3/c1-3-14-6-10-16(11-7-14)18(20)21-12-17(19)15-8-4-13(2)5-9-15/h4-11H,3,12H2,1-2H3. The number of carbonyl (C=O) groups excluding carboxylic acids is 2. The Bertz CT molecular complexity index is 625. The monoisotopic (exact) mass is 282 g/mol. The summed E-state index contributed by atoms with van der Waals surface area (Å²) in [5.74, 6) is -0.674. The summed E-state index contributed by atoms with van der Waals surface area (Å²) in [6, 6.07) is 14.4. The van der Waals surface area contributed by atoms with E-state index in [1.54, 1.807) is 24.3 Å². The zero-order valence-electron chi connectivity index (χ0n) is 12.3. The van der Waals surface area contributed by atoms with Gasteiger partial charge in [0, 0.05) is 5.56 Å². The number of Topliss-reactive ketones (excluding diaryl/α,β-unsaturated/α-hetero) is 1. The van der Waals surface area contributed by atoms with E-state index < -0.39 is 5.97 Å². The number of ether oxygens (including phenoxy) is 1. The van der Waals surface area contributed by atoms with Crippen LogP contribution in [0, 0.1) is 6.92 Å². The molecule has 2 aromatic carbocycles. The third-order valence-corrected chi connectivity index (χ3v) is 3.31. The molecule has 3 nitrogen and oxygen atoms in total. The lowest BCUT2D eigenvalue weighted by Gasteiger charge is -2.05. The molecule has 0 aliphatic rings. The van der Waals surface area contributed by atoms with Crippen LogP contribution in [0.25, 0.3) is 0 Å². The van der Waals surface area contributed by atoms with Crippen LogP contribution in [-0.2, 0) is 11.2 Å². The van der Waals surface area contributed by atoms with E-state index in [0.717, 1.165) is 17.5 Å². The van der Waals surface area contributed by atoms with E-state index >= 15 is 0 Å². The van der Waals surface area contributed by atoms with Crippen LogP contribution in [0.1, 0.15) is 38.8 Å². The summed E-state index contributed by atoms with van der Waals surface area (Å²) < 4.78 is 5.06. The number of rotatable bonds is 5. The fourth-order valence-corrected chi connectivity index (χ4v) is 1.91. The predicted octanol–water partition coefficient (Wildman–Crippen LogP) is 3.60. The lowest BCUT2D eigenvalue weighted by molar-refractivity contribution is 0.0474. The van der Waals surface area contributed by atoms with Gasteiger partial charge in [-0.3, -0.25) is 4.79 Å². The van der Waals surface area contributed by atoms with Crippen molar-refractivity contribution in [2.45, 2.75) is 20.3 Å². The van der Waals surface area contributed by atoms with Gasteiger partial charge in [-0.1, -0.05) is 48.9 Å². The third kappa shape index (κ3) is 4.02. The molecule has 0 saturated carbocycles. The maximum Gasteiger partial charge on any atom is 0.338 e. The van der Waals surface area contributed by atoms with Crippen molar-refractivity contribution in [2.75, 3.05) is 6.61 Å². The highest BCUT2D eigenvalue weighted by Crippen LogP contribution is 2.08. The van der Waals surface area contributed by atoms with Crippen LogP contribution in [0.2, 0.25) is 0 Å². The number of carbonyl (C=O) groups is 2. The van der Waals surface area contributed by atoms with Gasteiger partial charge in [0.2, 0.25) is 0 Å². The summed E-state index contributed by atoms with van der Waals surface area (Å²) in [5, 5.41) is 0. The largest absolute Gasteiger partial charge is 0.454 e. The first-order valence-corrected chi connectivity index (χ1v) is 6.96. The highest BCUT2D eigenvalue weighted by Gasteiger charge is 2.11. The quantitative estimate of drug-likeness (QED) is 0.621. The molecule has 0 aromatic heterocycles. The molecule has 0 saturated heterocycles. The average Bonchev–Trinajstić information content (AvgIpc) is 2.53. The van der Waals surface area contributed by atoms with E-state index in [-0.39, 0.29) is 12.4 Å². The molecule has 0 fully saturated rings. The van der Waals surface area contributed by atoms with Crippen molar-refractivity contribution in [1.82, 2.24) is 0 Å². The van der Waals surface area contributed by atoms with Gasteiger partial charge in [0.1, 0.15) is 0 Å². The maximum absolute atomic E-state index is 11.9. The Kier molecular flexibility index (Phi) is 4.88. The zero-order chi connectivity index (χ0) is 15.2. The minimum absolute atomic E-state index is 0.200. The highest BCUT2D eigenvalue weighted by atomic mass is 16.5. The van der Waals surface area contributed by atoms with Crippen molar-refractivity contribution in [1.29, 1.82) is 0 Å². The lowest BCUT2D eigenvalue weighted by atomic mass is 10.1.